The van der Waals surface area contributed by atoms with Gasteiger partial charge in [0.05, 0.1) is 30.8 Å². The van der Waals surface area contributed by atoms with Gasteiger partial charge in [0, 0.05) is 12.3 Å². The predicted octanol–water partition coefficient (Wildman–Crippen LogP) is -0.692. The molecule has 3 aliphatic heterocycles. The van der Waals surface area contributed by atoms with Crippen molar-refractivity contribution in [3.05, 3.63) is 0 Å². The molecule has 5 atom stereocenters. The molecule has 3 saturated heterocycles. The van der Waals surface area contributed by atoms with Crippen LogP contribution in [0.5, 0.6) is 0 Å². The highest BCUT2D eigenvalue weighted by molar-refractivity contribution is 5.76. The first kappa shape index (κ1) is 6.86. The van der Waals surface area contributed by atoms with Gasteiger partial charge in [-0.15, -0.1) is 0 Å². The number of aliphatic hydroxyl groups is 1. The minimum Gasteiger partial charge on any atom is -0.465 e. The Balaban J connectivity index is 1.94. The molecule has 0 aromatic heterocycles. The van der Waals surface area contributed by atoms with Gasteiger partial charge in [0.2, 0.25) is 0 Å². The van der Waals surface area contributed by atoms with Crippen molar-refractivity contribution in [2.75, 3.05) is 6.61 Å². The van der Waals surface area contributed by atoms with E-state index in [1.54, 1.807) is 0 Å². The number of aliphatic hydroxyl groups excluding tert-OH is 1. The lowest BCUT2D eigenvalue weighted by atomic mass is 9.80. The van der Waals surface area contributed by atoms with Crippen molar-refractivity contribution < 1.29 is 19.4 Å². The molecular weight excluding hydrogens is 160 g/mol. The maximum atomic E-state index is 11.2. The molecule has 66 valence electrons. The molecule has 0 saturated carbocycles. The van der Waals surface area contributed by atoms with Crippen molar-refractivity contribution >= 4 is 5.97 Å². The molecule has 3 aliphatic rings. The van der Waals surface area contributed by atoms with Gasteiger partial charge < -0.3 is 14.6 Å². The lowest BCUT2D eigenvalue weighted by molar-refractivity contribution is -0.143. The number of fused-ring (bicyclic) bond motifs is 5. The molecule has 0 aromatic carbocycles. The van der Waals surface area contributed by atoms with Gasteiger partial charge in [0.25, 0.3) is 0 Å². The van der Waals surface area contributed by atoms with E-state index < -0.39 is 0 Å². The Morgan fingerprint density at radius 3 is 3.17 bits per heavy atom. The third-order valence-electron chi connectivity index (χ3n) is 3.16. The second-order valence-corrected chi connectivity index (χ2v) is 3.76. The molecule has 4 heteroatoms. The average molecular weight is 170 g/mol. The summed E-state index contributed by atoms with van der Waals surface area (Å²) in [6.07, 6.45) is -0.0109. The van der Waals surface area contributed by atoms with E-state index in [1.807, 2.05) is 0 Å². The number of hydrogen-bond donors (Lipinski definition) is 1. The lowest BCUT2D eigenvalue weighted by Gasteiger charge is -2.20. The van der Waals surface area contributed by atoms with E-state index in [-0.39, 0.29) is 36.1 Å². The highest BCUT2D eigenvalue weighted by Gasteiger charge is 2.60. The third kappa shape index (κ3) is 0.630. The second-order valence-electron chi connectivity index (χ2n) is 3.76. The largest absolute Gasteiger partial charge is 0.465 e. The number of hydrogen-bond acceptors (Lipinski definition) is 4. The zero-order chi connectivity index (χ0) is 8.29. The first-order valence-electron chi connectivity index (χ1n) is 4.27. The molecule has 4 nitrogen and oxygen atoms in total. The van der Waals surface area contributed by atoms with Crippen LogP contribution in [-0.4, -0.2) is 36.0 Å². The number of carbonyl (C=O) groups excluding carboxylic acids is 1. The summed E-state index contributed by atoms with van der Waals surface area (Å²) in [5, 5.41) is 9.46. The minimum absolute atomic E-state index is 0.0787. The zero-order valence-corrected chi connectivity index (χ0v) is 6.47. The van der Waals surface area contributed by atoms with Crippen LogP contribution < -0.4 is 0 Å². The Labute approximate surface area is 69.5 Å². The Hall–Kier alpha value is -0.610. The van der Waals surface area contributed by atoms with E-state index in [4.69, 9.17) is 9.47 Å². The summed E-state index contributed by atoms with van der Waals surface area (Å²) in [6, 6.07) is 0. The van der Waals surface area contributed by atoms with Crippen LogP contribution in [0.1, 0.15) is 6.42 Å². The van der Waals surface area contributed by atoms with Crippen LogP contribution in [0.2, 0.25) is 0 Å². The first-order valence-corrected chi connectivity index (χ1v) is 4.27. The van der Waals surface area contributed by atoms with Crippen LogP contribution in [0.4, 0.5) is 0 Å². The predicted molar refractivity (Wildman–Crippen MR) is 37.2 cm³/mol. The molecule has 3 fully saturated rings. The van der Waals surface area contributed by atoms with Gasteiger partial charge in [0.15, 0.2) is 0 Å². The monoisotopic (exact) mass is 170 g/mol. The summed E-state index contributed by atoms with van der Waals surface area (Å²) < 4.78 is 10.4. The summed E-state index contributed by atoms with van der Waals surface area (Å²) in [6.45, 7) is 0.432. The third-order valence-corrected chi connectivity index (χ3v) is 3.16. The van der Waals surface area contributed by atoms with Crippen LogP contribution in [0.15, 0.2) is 0 Å². The van der Waals surface area contributed by atoms with Crippen LogP contribution >= 0.6 is 0 Å². The van der Waals surface area contributed by atoms with Gasteiger partial charge in [-0.2, -0.15) is 0 Å². The Bertz CT molecular complexity index is 239. The zero-order valence-electron chi connectivity index (χ0n) is 6.47. The van der Waals surface area contributed by atoms with E-state index in [0.29, 0.717) is 13.0 Å². The minimum atomic E-state index is -0.384. The Kier molecular flexibility index (Phi) is 1.14. The first-order chi connectivity index (χ1) is 5.77. The van der Waals surface area contributed by atoms with E-state index in [2.05, 4.69) is 0 Å². The van der Waals surface area contributed by atoms with Gasteiger partial charge >= 0.3 is 5.97 Å². The molecule has 0 radical (unpaired) electrons. The Morgan fingerprint density at radius 2 is 2.33 bits per heavy atom. The number of ether oxygens (including phenoxy) is 2. The summed E-state index contributed by atoms with van der Waals surface area (Å²) in [4.78, 5) is 11.2. The average Bonchev–Trinajstić information content (AvgIpc) is 2.62. The summed E-state index contributed by atoms with van der Waals surface area (Å²) in [5.41, 5.74) is 0. The number of rotatable bonds is 0. The molecule has 0 aliphatic carbocycles. The van der Waals surface area contributed by atoms with E-state index in [1.165, 1.54) is 0 Å². The number of esters is 1. The van der Waals surface area contributed by atoms with Crippen LogP contribution in [0.25, 0.3) is 0 Å². The molecular formula is C8H10O4. The fourth-order valence-corrected chi connectivity index (χ4v) is 2.62. The van der Waals surface area contributed by atoms with Crippen LogP contribution in [-0.2, 0) is 14.3 Å². The molecule has 1 N–H and O–H groups in total. The normalized spacial score (nSPS) is 55.8. The van der Waals surface area contributed by atoms with Gasteiger partial charge in [-0.05, 0) is 0 Å². The SMILES string of the molecule is O=C1OC[C@@H]2[C@@H]3O[C@@H](C[C@@H]3O)[C@H]12. The van der Waals surface area contributed by atoms with Gasteiger partial charge in [-0.1, -0.05) is 0 Å². The smallest absolute Gasteiger partial charge is 0.312 e. The van der Waals surface area contributed by atoms with Crippen molar-refractivity contribution in [1.29, 1.82) is 0 Å². The molecule has 3 rings (SSSR count). The van der Waals surface area contributed by atoms with E-state index in [9.17, 15) is 9.90 Å². The van der Waals surface area contributed by atoms with Gasteiger partial charge in [-0.25, -0.2) is 0 Å². The summed E-state index contributed by atoms with van der Waals surface area (Å²) in [7, 11) is 0. The molecule has 0 unspecified atom stereocenters. The molecule has 3 heterocycles. The molecule has 0 spiro atoms. The lowest BCUT2D eigenvalue weighted by Crippen LogP contribution is -2.36. The quantitative estimate of drug-likeness (QED) is 0.489. The highest BCUT2D eigenvalue weighted by atomic mass is 16.6. The number of cyclic esters (lactones) is 1. The van der Waals surface area contributed by atoms with Gasteiger partial charge in [-0.3, -0.25) is 4.79 Å². The fraction of sp³-hybridized carbons (Fsp3) is 0.875. The van der Waals surface area contributed by atoms with Crippen molar-refractivity contribution in [3.63, 3.8) is 0 Å². The topological polar surface area (TPSA) is 55.8 Å². The molecule has 12 heavy (non-hydrogen) atoms. The maximum absolute atomic E-state index is 11.2. The van der Waals surface area contributed by atoms with E-state index >= 15 is 0 Å². The Morgan fingerprint density at radius 1 is 1.50 bits per heavy atom. The van der Waals surface area contributed by atoms with Crippen molar-refractivity contribution in [3.8, 4) is 0 Å². The van der Waals surface area contributed by atoms with E-state index in [0.717, 1.165) is 0 Å². The maximum Gasteiger partial charge on any atom is 0.312 e. The standard InChI is InChI=1S/C8H10O4/c9-4-1-5-6-3(7(4)12-5)2-11-8(6)10/h3-7,9H,1-2H2/t3-,4-,5-,6+,7-/m0/s1. The van der Waals surface area contributed by atoms with Gasteiger partial charge in [0.1, 0.15) is 0 Å². The summed E-state index contributed by atoms with van der Waals surface area (Å²) >= 11 is 0. The fourth-order valence-electron chi connectivity index (χ4n) is 2.62. The molecule has 2 bridgehead atoms. The van der Waals surface area contributed by atoms with Crippen LogP contribution in [0, 0.1) is 11.8 Å². The van der Waals surface area contributed by atoms with Crippen molar-refractivity contribution in [1.82, 2.24) is 0 Å². The highest BCUT2D eigenvalue weighted by Crippen LogP contribution is 2.46. The van der Waals surface area contributed by atoms with Crippen molar-refractivity contribution in [2.45, 2.75) is 24.7 Å². The molecule has 0 amide bonds. The van der Waals surface area contributed by atoms with Crippen LogP contribution in [0.3, 0.4) is 0 Å². The van der Waals surface area contributed by atoms with Crippen molar-refractivity contribution in [2.24, 2.45) is 11.8 Å². The number of carbonyl (C=O) groups is 1. The second kappa shape index (κ2) is 2.00. The molecule has 0 aromatic rings. The summed E-state index contributed by atoms with van der Waals surface area (Å²) in [5.74, 6) is -0.107.